The molecule has 0 bridgehead atoms. The van der Waals surface area contributed by atoms with Gasteiger partial charge in [-0.25, -0.2) is 0 Å². The summed E-state index contributed by atoms with van der Waals surface area (Å²) in [5, 5.41) is 5.16. The van der Waals surface area contributed by atoms with E-state index in [1.165, 1.54) is 66.3 Å². The molecule has 4 nitrogen and oxygen atoms in total. The van der Waals surface area contributed by atoms with Gasteiger partial charge in [0.25, 0.3) is 0 Å². The second-order valence-corrected chi connectivity index (χ2v) is 14.1. The van der Waals surface area contributed by atoms with E-state index < -0.39 is 0 Å². The van der Waals surface area contributed by atoms with Crippen LogP contribution in [0, 0.1) is 18.8 Å². The average Bonchev–Trinajstić information content (AvgIpc) is 3.86. The number of anilines is 4. The molecule has 1 aliphatic rings. The normalized spacial score (nSPS) is 12.6. The summed E-state index contributed by atoms with van der Waals surface area (Å²) in [4.78, 5) is 8.93. The number of para-hydroxylation sites is 5. The van der Waals surface area contributed by atoms with E-state index in [1.54, 1.807) is 6.20 Å². The molecular weight excluding hydrogens is 825 g/mol. The zero-order valence-corrected chi connectivity index (χ0v) is 32.6. The predicted octanol–water partition coefficient (Wildman–Crippen LogP) is 12.8. The zero-order chi connectivity index (χ0) is 35.3. The minimum absolute atomic E-state index is 0. The third-order valence-electron chi connectivity index (χ3n) is 10.3. The molecule has 260 valence electrons. The van der Waals surface area contributed by atoms with E-state index in [-0.39, 0.29) is 20.1 Å². The number of fused-ring (bicyclic) bond motifs is 7. The third kappa shape index (κ3) is 5.85. The Balaban J connectivity index is 0.000000262. The van der Waals surface area contributed by atoms with Crippen molar-refractivity contribution in [2.24, 2.45) is 0 Å². The summed E-state index contributed by atoms with van der Waals surface area (Å²) in [6.07, 6.45) is 1.79. The Morgan fingerprint density at radius 1 is 0.585 bits per heavy atom. The maximum Gasteiger partial charge on any atom is 3.00 e. The fourth-order valence-corrected chi connectivity index (χ4v) is 7.84. The van der Waals surface area contributed by atoms with Crippen molar-refractivity contribution < 1.29 is 20.1 Å². The monoisotopic (exact) mass is 864 g/mol. The van der Waals surface area contributed by atoms with Gasteiger partial charge in [-0.05, 0) is 58.3 Å². The number of nitrogens with zero attached hydrogens (tertiary/aromatic N) is 4. The third-order valence-corrected chi connectivity index (χ3v) is 10.3. The van der Waals surface area contributed by atoms with E-state index in [1.807, 2.05) is 42.5 Å². The molecule has 1 aliphatic heterocycles. The standard InChI is InChI=1S/C37H31N3.C11H8N.Ir/c1-23(2)26-12-9-13-27(24(3)4)36(26)39-22-38(34-17-7-8-18-35(34)39)25-19-20-33-31(21-25)30-15-10-14-29-28-11-5-6-16-32(28)40(33)37(29)30;1-2-6-10(7-3-1)11-8-4-5-9-12-11;/h5-18,20-24H,1-4H3;1-6,8-9H;/q-2;-1;+3. The summed E-state index contributed by atoms with van der Waals surface area (Å²) in [6.45, 7) is 11.4. The first-order valence-corrected chi connectivity index (χ1v) is 18.1. The summed E-state index contributed by atoms with van der Waals surface area (Å²) >= 11 is 0. The molecule has 0 saturated heterocycles. The Kier molecular flexibility index (Phi) is 9.24. The fraction of sp³-hybridized carbons (Fsp3) is 0.125. The molecule has 10 rings (SSSR count). The molecule has 0 atom stereocenters. The molecule has 9 aromatic rings. The van der Waals surface area contributed by atoms with Crippen LogP contribution in [-0.2, 0) is 20.1 Å². The second-order valence-electron chi connectivity index (χ2n) is 14.1. The maximum absolute atomic E-state index is 4.22. The fourth-order valence-electron chi connectivity index (χ4n) is 7.84. The summed E-state index contributed by atoms with van der Waals surface area (Å²) in [5.41, 5.74) is 13.2. The molecule has 0 amide bonds. The average molecular weight is 864 g/mol. The molecule has 0 fully saturated rings. The van der Waals surface area contributed by atoms with Crippen LogP contribution >= 0.6 is 0 Å². The molecule has 0 unspecified atom stereocenters. The van der Waals surface area contributed by atoms with E-state index in [2.05, 4.69) is 163 Å². The van der Waals surface area contributed by atoms with E-state index in [0.717, 1.165) is 16.9 Å². The molecule has 0 spiro atoms. The van der Waals surface area contributed by atoms with Gasteiger partial charge in [0, 0.05) is 45.1 Å². The van der Waals surface area contributed by atoms with Crippen LogP contribution in [0.3, 0.4) is 0 Å². The largest absolute Gasteiger partial charge is 3.00 e. The van der Waals surface area contributed by atoms with Gasteiger partial charge in [-0.1, -0.05) is 112 Å². The molecule has 0 aliphatic carbocycles. The molecule has 0 saturated carbocycles. The SMILES string of the molecule is CC(C)c1cccc(C(C)C)c1N1[CH-]N(c2[c-]cc3c(c2)c2cccc4c5ccccc5n3c24)c2ccccc21.[Ir+3].[c-]1ccccc1-c1ccccn1. The van der Waals surface area contributed by atoms with Crippen LogP contribution in [-0.4, -0.2) is 9.38 Å². The number of hydrogen-bond donors (Lipinski definition) is 0. The smallest absolute Gasteiger partial charge is 0.493 e. The number of benzene rings is 6. The Bertz CT molecular complexity index is 2620. The quantitative estimate of drug-likeness (QED) is 0.161. The maximum atomic E-state index is 4.22. The van der Waals surface area contributed by atoms with Crippen LogP contribution < -0.4 is 9.80 Å². The van der Waals surface area contributed by atoms with Crippen molar-refractivity contribution >= 4 is 60.8 Å². The Labute approximate surface area is 325 Å². The van der Waals surface area contributed by atoms with E-state index >= 15 is 0 Å². The molecule has 3 aromatic heterocycles. The molecule has 5 heteroatoms. The van der Waals surface area contributed by atoms with Crippen LogP contribution in [0.1, 0.15) is 50.7 Å². The number of hydrogen-bond acceptors (Lipinski definition) is 3. The Morgan fingerprint density at radius 2 is 1.23 bits per heavy atom. The van der Waals surface area contributed by atoms with Crippen molar-refractivity contribution in [1.82, 2.24) is 9.38 Å². The first kappa shape index (κ1) is 34.6. The van der Waals surface area contributed by atoms with Gasteiger partial charge >= 0.3 is 20.1 Å². The summed E-state index contributed by atoms with van der Waals surface area (Å²) in [7, 11) is 0. The van der Waals surface area contributed by atoms with Crippen molar-refractivity contribution in [3.05, 3.63) is 176 Å². The van der Waals surface area contributed by atoms with Gasteiger partial charge in [0.15, 0.2) is 0 Å². The van der Waals surface area contributed by atoms with Crippen molar-refractivity contribution in [2.45, 2.75) is 39.5 Å². The summed E-state index contributed by atoms with van der Waals surface area (Å²) in [6, 6.07) is 55.9. The van der Waals surface area contributed by atoms with E-state index in [0.29, 0.717) is 11.8 Å². The minimum Gasteiger partial charge on any atom is -0.493 e. The van der Waals surface area contributed by atoms with Crippen LogP contribution in [0.4, 0.5) is 22.7 Å². The molecular formula is C48H39IrN4. The van der Waals surface area contributed by atoms with Gasteiger partial charge in [-0.15, -0.1) is 59.7 Å². The number of aromatic nitrogens is 2. The zero-order valence-electron chi connectivity index (χ0n) is 30.2. The van der Waals surface area contributed by atoms with Crippen molar-refractivity contribution in [1.29, 1.82) is 0 Å². The van der Waals surface area contributed by atoms with Crippen molar-refractivity contribution in [2.75, 3.05) is 9.80 Å². The van der Waals surface area contributed by atoms with Gasteiger partial charge in [0.05, 0.1) is 0 Å². The summed E-state index contributed by atoms with van der Waals surface area (Å²) in [5.74, 6) is 0.833. The molecule has 6 aromatic carbocycles. The van der Waals surface area contributed by atoms with Gasteiger partial charge in [-0.2, -0.15) is 12.1 Å². The van der Waals surface area contributed by atoms with Crippen molar-refractivity contribution in [3.8, 4) is 11.3 Å². The molecule has 0 N–H and O–H groups in total. The predicted molar refractivity (Wildman–Crippen MR) is 218 cm³/mol. The molecule has 53 heavy (non-hydrogen) atoms. The topological polar surface area (TPSA) is 23.8 Å². The first-order valence-electron chi connectivity index (χ1n) is 18.1. The second kappa shape index (κ2) is 14.2. The van der Waals surface area contributed by atoms with Crippen LogP contribution in [0.15, 0.2) is 146 Å². The molecule has 0 radical (unpaired) electrons. The van der Waals surface area contributed by atoms with Gasteiger partial charge in [0.1, 0.15) is 0 Å². The minimum atomic E-state index is 0. The number of rotatable bonds is 5. The van der Waals surface area contributed by atoms with E-state index in [4.69, 9.17) is 0 Å². The van der Waals surface area contributed by atoms with Gasteiger partial charge in [0.2, 0.25) is 0 Å². The Hall–Kier alpha value is -5.48. The first-order chi connectivity index (χ1) is 25.5. The Morgan fingerprint density at radius 3 is 1.92 bits per heavy atom. The van der Waals surface area contributed by atoms with Gasteiger partial charge < -0.3 is 19.2 Å². The van der Waals surface area contributed by atoms with Crippen LogP contribution in [0.25, 0.3) is 49.4 Å². The molecule has 4 heterocycles. The van der Waals surface area contributed by atoms with Crippen LogP contribution in [0.2, 0.25) is 0 Å². The van der Waals surface area contributed by atoms with Gasteiger partial charge in [-0.3, -0.25) is 0 Å². The van der Waals surface area contributed by atoms with Crippen LogP contribution in [0.5, 0.6) is 0 Å². The van der Waals surface area contributed by atoms with Crippen molar-refractivity contribution in [3.63, 3.8) is 0 Å². The number of pyridine rings is 1. The van der Waals surface area contributed by atoms with E-state index in [9.17, 15) is 0 Å². The summed E-state index contributed by atoms with van der Waals surface area (Å²) < 4.78 is 2.41.